The standard InChI is InChI=1S/C19H22O7S/c1-23-14-10-17(24-2)15(18(11-14)25-3)8-9-27(21,22)12-13-6-5-7-16(20)19(13)26-4/h5-11,20H,12H2,1-4H3/b9-8+. The lowest BCUT2D eigenvalue weighted by Gasteiger charge is -2.12. The van der Waals surface area contributed by atoms with Crippen LogP contribution in [-0.2, 0) is 15.6 Å². The fraction of sp³-hybridized carbons (Fsp3) is 0.263. The van der Waals surface area contributed by atoms with E-state index in [4.69, 9.17) is 18.9 Å². The molecule has 0 aliphatic rings. The van der Waals surface area contributed by atoms with Gasteiger partial charge in [-0.1, -0.05) is 12.1 Å². The van der Waals surface area contributed by atoms with Crippen LogP contribution in [0.4, 0.5) is 0 Å². The molecule has 0 heterocycles. The van der Waals surface area contributed by atoms with Crippen molar-refractivity contribution < 1.29 is 32.5 Å². The highest BCUT2D eigenvalue weighted by molar-refractivity contribution is 7.93. The highest BCUT2D eigenvalue weighted by Gasteiger charge is 2.16. The molecule has 0 spiro atoms. The van der Waals surface area contributed by atoms with Crippen LogP contribution >= 0.6 is 0 Å². The topological polar surface area (TPSA) is 91.3 Å². The first-order valence-corrected chi connectivity index (χ1v) is 9.62. The maximum atomic E-state index is 12.5. The zero-order valence-electron chi connectivity index (χ0n) is 15.6. The summed E-state index contributed by atoms with van der Waals surface area (Å²) < 4.78 is 46.0. The van der Waals surface area contributed by atoms with Crippen LogP contribution < -0.4 is 18.9 Å². The number of ether oxygens (including phenoxy) is 4. The molecule has 27 heavy (non-hydrogen) atoms. The second-order valence-corrected chi connectivity index (χ2v) is 7.41. The molecule has 0 aliphatic carbocycles. The minimum Gasteiger partial charge on any atom is -0.504 e. The van der Waals surface area contributed by atoms with E-state index in [0.717, 1.165) is 5.41 Å². The second-order valence-electron chi connectivity index (χ2n) is 5.53. The van der Waals surface area contributed by atoms with Gasteiger partial charge < -0.3 is 24.1 Å². The van der Waals surface area contributed by atoms with Gasteiger partial charge in [0.1, 0.15) is 17.2 Å². The molecule has 0 aromatic heterocycles. The van der Waals surface area contributed by atoms with Crippen LogP contribution in [0.1, 0.15) is 11.1 Å². The second kappa shape index (κ2) is 8.68. The Morgan fingerprint density at radius 2 is 1.59 bits per heavy atom. The Hall–Kier alpha value is -2.87. The molecule has 0 radical (unpaired) electrons. The van der Waals surface area contributed by atoms with E-state index in [1.807, 2.05) is 0 Å². The van der Waals surface area contributed by atoms with Gasteiger partial charge >= 0.3 is 0 Å². The largest absolute Gasteiger partial charge is 0.504 e. The molecule has 0 saturated heterocycles. The fourth-order valence-electron chi connectivity index (χ4n) is 2.55. The minimum absolute atomic E-state index is 0.118. The van der Waals surface area contributed by atoms with Gasteiger partial charge in [0.2, 0.25) is 0 Å². The Morgan fingerprint density at radius 3 is 2.11 bits per heavy atom. The zero-order valence-corrected chi connectivity index (χ0v) is 16.4. The maximum Gasteiger partial charge on any atom is 0.175 e. The summed E-state index contributed by atoms with van der Waals surface area (Å²) in [5, 5.41) is 10.9. The summed E-state index contributed by atoms with van der Waals surface area (Å²) in [6.45, 7) is 0. The molecule has 0 aliphatic heterocycles. The van der Waals surface area contributed by atoms with E-state index >= 15 is 0 Å². The van der Waals surface area contributed by atoms with Crippen LogP contribution in [0.15, 0.2) is 35.7 Å². The monoisotopic (exact) mass is 394 g/mol. The summed E-state index contributed by atoms with van der Waals surface area (Å²) in [5.74, 6) is 1.03. The number of phenolic OH excluding ortho intramolecular Hbond substituents is 1. The normalized spacial score (nSPS) is 11.4. The Kier molecular flexibility index (Phi) is 6.57. The molecular weight excluding hydrogens is 372 g/mol. The van der Waals surface area contributed by atoms with Gasteiger partial charge in [-0.15, -0.1) is 0 Å². The quantitative estimate of drug-likeness (QED) is 0.736. The smallest absolute Gasteiger partial charge is 0.175 e. The maximum absolute atomic E-state index is 12.5. The van der Waals surface area contributed by atoms with E-state index in [2.05, 4.69) is 0 Å². The van der Waals surface area contributed by atoms with Crippen LogP contribution in [0, 0.1) is 0 Å². The molecule has 0 atom stereocenters. The van der Waals surface area contributed by atoms with Crippen molar-refractivity contribution in [3.8, 4) is 28.7 Å². The highest BCUT2D eigenvalue weighted by Crippen LogP contribution is 2.36. The first kappa shape index (κ1) is 20.4. The lowest BCUT2D eigenvalue weighted by Crippen LogP contribution is -2.02. The predicted molar refractivity (Wildman–Crippen MR) is 102 cm³/mol. The van der Waals surface area contributed by atoms with Crippen molar-refractivity contribution in [3.63, 3.8) is 0 Å². The minimum atomic E-state index is -3.66. The summed E-state index contributed by atoms with van der Waals surface area (Å²) in [6, 6.07) is 7.83. The molecular formula is C19H22O7S. The predicted octanol–water partition coefficient (Wildman–Crippen LogP) is 3.01. The SMILES string of the molecule is COc1cc(OC)c(/C=C/S(=O)(=O)Cc2cccc(O)c2OC)c(OC)c1. The van der Waals surface area contributed by atoms with Gasteiger partial charge in [-0.2, -0.15) is 0 Å². The summed E-state index contributed by atoms with van der Waals surface area (Å²) in [4.78, 5) is 0. The van der Waals surface area contributed by atoms with Crippen molar-refractivity contribution >= 4 is 15.9 Å². The molecule has 2 rings (SSSR count). The molecule has 0 unspecified atom stereocenters. The Balaban J connectivity index is 2.38. The number of phenols is 1. The van der Waals surface area contributed by atoms with Crippen LogP contribution in [-0.4, -0.2) is 42.0 Å². The number of para-hydroxylation sites is 1. The Bertz CT molecular complexity index is 908. The van der Waals surface area contributed by atoms with E-state index in [1.165, 1.54) is 40.6 Å². The number of benzene rings is 2. The fourth-order valence-corrected chi connectivity index (χ4v) is 3.65. The van der Waals surface area contributed by atoms with Crippen molar-refractivity contribution in [1.29, 1.82) is 0 Å². The van der Waals surface area contributed by atoms with Crippen LogP contribution in [0.25, 0.3) is 6.08 Å². The lowest BCUT2D eigenvalue weighted by molar-refractivity contribution is 0.370. The van der Waals surface area contributed by atoms with Crippen LogP contribution in [0.2, 0.25) is 0 Å². The number of sulfone groups is 1. The molecule has 0 saturated carbocycles. The summed E-state index contributed by atoms with van der Waals surface area (Å²) in [6.07, 6.45) is 1.40. The van der Waals surface area contributed by atoms with E-state index in [-0.39, 0.29) is 17.3 Å². The Labute approximate surface area is 158 Å². The van der Waals surface area contributed by atoms with Gasteiger partial charge in [0, 0.05) is 23.1 Å². The zero-order chi connectivity index (χ0) is 20.0. The van der Waals surface area contributed by atoms with Crippen molar-refractivity contribution in [3.05, 3.63) is 46.9 Å². The molecule has 0 fully saturated rings. The van der Waals surface area contributed by atoms with Gasteiger partial charge in [-0.05, 0) is 12.1 Å². The van der Waals surface area contributed by atoms with Crippen molar-refractivity contribution in [2.75, 3.05) is 28.4 Å². The molecule has 8 heteroatoms. The molecule has 0 bridgehead atoms. The molecule has 0 amide bonds. The van der Waals surface area contributed by atoms with Gasteiger partial charge in [-0.25, -0.2) is 8.42 Å². The Morgan fingerprint density at radius 1 is 0.963 bits per heavy atom. The summed E-state index contributed by atoms with van der Waals surface area (Å²) in [7, 11) is 2.16. The van der Waals surface area contributed by atoms with Gasteiger partial charge in [-0.3, -0.25) is 0 Å². The van der Waals surface area contributed by atoms with Gasteiger partial charge in [0.05, 0.1) is 39.8 Å². The third-order valence-corrected chi connectivity index (χ3v) is 5.10. The highest BCUT2D eigenvalue weighted by atomic mass is 32.2. The van der Waals surface area contributed by atoms with E-state index in [9.17, 15) is 13.5 Å². The first-order valence-electron chi connectivity index (χ1n) is 7.91. The average Bonchev–Trinajstić information content (AvgIpc) is 2.65. The van der Waals surface area contributed by atoms with E-state index in [1.54, 1.807) is 24.3 Å². The number of rotatable bonds is 8. The number of hydrogen-bond donors (Lipinski definition) is 1. The third-order valence-electron chi connectivity index (χ3n) is 3.83. The van der Waals surface area contributed by atoms with E-state index < -0.39 is 9.84 Å². The molecule has 7 nitrogen and oxygen atoms in total. The number of methoxy groups -OCH3 is 4. The van der Waals surface area contributed by atoms with Crippen molar-refractivity contribution in [2.24, 2.45) is 0 Å². The molecule has 2 aromatic carbocycles. The van der Waals surface area contributed by atoms with Crippen molar-refractivity contribution in [2.45, 2.75) is 5.75 Å². The number of aromatic hydroxyl groups is 1. The summed E-state index contributed by atoms with van der Waals surface area (Å²) >= 11 is 0. The average molecular weight is 394 g/mol. The van der Waals surface area contributed by atoms with E-state index in [0.29, 0.717) is 28.4 Å². The molecule has 1 N–H and O–H groups in total. The lowest BCUT2D eigenvalue weighted by atomic mass is 10.1. The number of hydrogen-bond acceptors (Lipinski definition) is 7. The summed E-state index contributed by atoms with van der Waals surface area (Å²) in [5.41, 5.74) is 0.822. The van der Waals surface area contributed by atoms with Gasteiger partial charge in [0.25, 0.3) is 0 Å². The van der Waals surface area contributed by atoms with Crippen LogP contribution in [0.3, 0.4) is 0 Å². The van der Waals surface area contributed by atoms with Crippen LogP contribution in [0.5, 0.6) is 28.7 Å². The first-order chi connectivity index (χ1) is 12.8. The van der Waals surface area contributed by atoms with Gasteiger partial charge in [0.15, 0.2) is 21.3 Å². The molecule has 2 aromatic rings. The molecule has 146 valence electrons. The third kappa shape index (κ3) is 4.85. The van der Waals surface area contributed by atoms with Crippen molar-refractivity contribution in [1.82, 2.24) is 0 Å².